The van der Waals surface area contributed by atoms with Crippen molar-refractivity contribution in [3.63, 3.8) is 0 Å². The SMILES string of the molecule is CCOP(=O)(OCC)C(O)[C@H]1O[C@@H](n2ccc(=O)[nH]c2=O)C(O)C1O. The van der Waals surface area contributed by atoms with Crippen LogP contribution in [0, 0.1) is 0 Å². The Morgan fingerprint density at radius 2 is 1.88 bits per heavy atom. The van der Waals surface area contributed by atoms with Crippen LogP contribution in [0.3, 0.4) is 0 Å². The lowest BCUT2D eigenvalue weighted by atomic mass is 10.1. The second-order valence-corrected chi connectivity index (χ2v) is 7.40. The predicted octanol–water partition coefficient (Wildman–Crippen LogP) is -1.26. The van der Waals surface area contributed by atoms with Gasteiger partial charge in [-0.2, -0.15) is 0 Å². The third-order valence-electron chi connectivity index (χ3n) is 3.64. The minimum absolute atomic E-state index is 0.0253. The molecule has 11 nitrogen and oxygen atoms in total. The molecule has 2 heterocycles. The quantitative estimate of drug-likeness (QED) is 0.423. The van der Waals surface area contributed by atoms with E-state index in [1.54, 1.807) is 13.8 Å². The highest BCUT2D eigenvalue weighted by atomic mass is 31.2. The van der Waals surface area contributed by atoms with Gasteiger partial charge in [-0.05, 0) is 13.8 Å². The smallest absolute Gasteiger partial charge is 0.361 e. The van der Waals surface area contributed by atoms with Crippen molar-refractivity contribution < 1.29 is 33.7 Å². The van der Waals surface area contributed by atoms with Crippen LogP contribution in [0.4, 0.5) is 0 Å². The first-order valence-corrected chi connectivity index (χ1v) is 9.26. The van der Waals surface area contributed by atoms with E-state index in [1.165, 1.54) is 0 Å². The number of aliphatic hydroxyl groups is 3. The lowest BCUT2D eigenvalue weighted by Gasteiger charge is -2.27. The summed E-state index contributed by atoms with van der Waals surface area (Å²) < 4.78 is 28.8. The fraction of sp³-hybridized carbons (Fsp3) is 0.692. The maximum atomic E-state index is 12.6. The van der Waals surface area contributed by atoms with E-state index in [9.17, 15) is 29.5 Å². The Hall–Kier alpha value is -1.33. The summed E-state index contributed by atoms with van der Waals surface area (Å²) in [5, 5.41) is 30.6. The van der Waals surface area contributed by atoms with Crippen LogP contribution >= 0.6 is 7.60 Å². The number of aliphatic hydroxyl groups excluding tert-OH is 3. The van der Waals surface area contributed by atoms with Crippen molar-refractivity contribution in [3.05, 3.63) is 33.1 Å². The van der Waals surface area contributed by atoms with Gasteiger partial charge in [0, 0.05) is 12.3 Å². The van der Waals surface area contributed by atoms with E-state index in [-0.39, 0.29) is 13.2 Å². The van der Waals surface area contributed by atoms with Crippen molar-refractivity contribution in [3.8, 4) is 0 Å². The standard InChI is InChI=1S/C13H21N2O9P/c1-3-22-25(21,23-4-2)12(19)10-8(17)9(18)11(24-10)15-6-5-7(16)14-13(15)20/h5-6,8-12,17-19H,3-4H2,1-2H3,(H,14,16,20)/t8?,9?,10-,11+,12?/m0/s1. The molecule has 25 heavy (non-hydrogen) atoms. The Morgan fingerprint density at radius 1 is 1.28 bits per heavy atom. The number of rotatable bonds is 7. The van der Waals surface area contributed by atoms with E-state index < -0.39 is 49.2 Å². The Morgan fingerprint density at radius 3 is 2.40 bits per heavy atom. The number of ether oxygens (including phenoxy) is 1. The largest absolute Gasteiger partial charge is 0.387 e. The predicted molar refractivity (Wildman–Crippen MR) is 84.1 cm³/mol. The molecular weight excluding hydrogens is 359 g/mol. The van der Waals surface area contributed by atoms with Crippen molar-refractivity contribution in [1.29, 1.82) is 0 Å². The number of nitrogens with zero attached hydrogens (tertiary/aromatic N) is 1. The molecule has 1 aliphatic rings. The van der Waals surface area contributed by atoms with Crippen molar-refractivity contribution in [2.24, 2.45) is 0 Å². The Labute approximate surface area is 142 Å². The monoisotopic (exact) mass is 380 g/mol. The van der Waals surface area contributed by atoms with Crippen molar-refractivity contribution in [2.75, 3.05) is 13.2 Å². The highest BCUT2D eigenvalue weighted by Crippen LogP contribution is 2.55. The molecule has 0 spiro atoms. The van der Waals surface area contributed by atoms with Crippen LogP contribution in [0.2, 0.25) is 0 Å². The fourth-order valence-electron chi connectivity index (χ4n) is 2.52. The topological polar surface area (TPSA) is 160 Å². The maximum Gasteiger partial charge on any atom is 0.361 e. The van der Waals surface area contributed by atoms with Crippen LogP contribution in [0.25, 0.3) is 0 Å². The second-order valence-electron chi connectivity index (χ2n) is 5.28. The second kappa shape index (κ2) is 7.92. The molecule has 142 valence electrons. The molecule has 1 aromatic heterocycles. The molecule has 1 aromatic rings. The van der Waals surface area contributed by atoms with Gasteiger partial charge < -0.3 is 29.1 Å². The van der Waals surface area contributed by atoms with Crippen molar-refractivity contribution in [2.45, 2.75) is 44.2 Å². The summed E-state index contributed by atoms with van der Waals surface area (Å²) in [6, 6.07) is 1.03. The van der Waals surface area contributed by atoms with Crippen molar-refractivity contribution in [1.82, 2.24) is 9.55 Å². The maximum absolute atomic E-state index is 12.6. The van der Waals surface area contributed by atoms with Crippen molar-refractivity contribution >= 4 is 7.60 Å². The zero-order chi connectivity index (χ0) is 18.8. The summed E-state index contributed by atoms with van der Waals surface area (Å²) in [6.45, 7) is 3.04. The summed E-state index contributed by atoms with van der Waals surface area (Å²) in [7, 11) is -4.05. The van der Waals surface area contributed by atoms with Gasteiger partial charge in [0.2, 0.25) is 0 Å². The average Bonchev–Trinajstić information content (AvgIpc) is 2.83. The first-order chi connectivity index (χ1) is 11.7. The third-order valence-corrected chi connectivity index (χ3v) is 5.81. The zero-order valence-electron chi connectivity index (χ0n) is 13.6. The average molecular weight is 380 g/mol. The molecule has 5 atom stereocenters. The number of hydrogen-bond acceptors (Lipinski definition) is 9. The number of aromatic nitrogens is 2. The molecule has 0 radical (unpaired) electrons. The molecule has 12 heteroatoms. The minimum Gasteiger partial charge on any atom is -0.387 e. The minimum atomic E-state index is -4.05. The molecule has 1 aliphatic heterocycles. The molecule has 0 saturated carbocycles. The van der Waals surface area contributed by atoms with Crippen LogP contribution in [0.5, 0.6) is 0 Å². The summed E-state index contributed by atoms with van der Waals surface area (Å²) in [5.41, 5.74) is -1.53. The summed E-state index contributed by atoms with van der Waals surface area (Å²) >= 11 is 0. The summed E-state index contributed by atoms with van der Waals surface area (Å²) in [6.07, 6.45) is -5.17. The normalized spacial score (nSPS) is 28.2. The van der Waals surface area contributed by atoms with E-state index in [1.807, 2.05) is 4.98 Å². The van der Waals surface area contributed by atoms with Gasteiger partial charge in [0.25, 0.3) is 5.56 Å². The number of aromatic amines is 1. The first kappa shape index (κ1) is 20.0. The van der Waals surface area contributed by atoms with Gasteiger partial charge in [-0.15, -0.1) is 0 Å². The summed E-state index contributed by atoms with van der Waals surface area (Å²) in [4.78, 5) is 24.9. The van der Waals surface area contributed by atoms with Gasteiger partial charge >= 0.3 is 13.3 Å². The van der Waals surface area contributed by atoms with Gasteiger partial charge in [-0.1, -0.05) is 0 Å². The highest BCUT2D eigenvalue weighted by Gasteiger charge is 2.53. The van der Waals surface area contributed by atoms with Crippen LogP contribution in [-0.2, 0) is 18.3 Å². The van der Waals surface area contributed by atoms with E-state index in [4.69, 9.17) is 13.8 Å². The van der Waals surface area contributed by atoms with Crippen LogP contribution in [0.15, 0.2) is 21.9 Å². The number of hydrogen-bond donors (Lipinski definition) is 4. The number of H-pyrrole nitrogens is 1. The molecule has 3 unspecified atom stereocenters. The van der Waals surface area contributed by atoms with Gasteiger partial charge in [0.05, 0.1) is 13.2 Å². The van der Waals surface area contributed by atoms with E-state index >= 15 is 0 Å². The molecule has 0 amide bonds. The Bertz CT molecular complexity index is 738. The van der Waals surface area contributed by atoms with Gasteiger partial charge in [0.15, 0.2) is 12.1 Å². The lowest BCUT2D eigenvalue weighted by molar-refractivity contribution is -0.0715. The fourth-order valence-corrected chi connectivity index (χ4v) is 4.23. The van der Waals surface area contributed by atoms with E-state index in [2.05, 4.69) is 0 Å². The van der Waals surface area contributed by atoms with Gasteiger partial charge in [-0.25, -0.2) is 4.79 Å². The molecule has 1 saturated heterocycles. The molecule has 0 aromatic carbocycles. The highest BCUT2D eigenvalue weighted by molar-refractivity contribution is 7.54. The lowest BCUT2D eigenvalue weighted by Crippen LogP contribution is -2.39. The molecule has 4 N–H and O–H groups in total. The molecule has 2 rings (SSSR count). The van der Waals surface area contributed by atoms with Crippen LogP contribution in [0.1, 0.15) is 20.1 Å². The van der Waals surface area contributed by atoms with E-state index in [0.29, 0.717) is 0 Å². The zero-order valence-corrected chi connectivity index (χ0v) is 14.5. The van der Waals surface area contributed by atoms with Crippen LogP contribution < -0.4 is 11.2 Å². The molecular formula is C13H21N2O9P. The molecule has 1 fully saturated rings. The Balaban J connectivity index is 2.30. The van der Waals surface area contributed by atoms with Gasteiger partial charge in [0.1, 0.15) is 18.3 Å². The summed E-state index contributed by atoms with van der Waals surface area (Å²) in [5.74, 6) is -1.89. The Kier molecular flexibility index (Phi) is 6.33. The number of nitrogens with one attached hydrogen (secondary N) is 1. The molecule has 0 aliphatic carbocycles. The molecule has 0 bridgehead atoms. The first-order valence-electron chi connectivity index (χ1n) is 7.65. The van der Waals surface area contributed by atoms with Crippen LogP contribution in [-0.4, -0.2) is 62.2 Å². The van der Waals surface area contributed by atoms with E-state index in [0.717, 1.165) is 16.8 Å². The van der Waals surface area contributed by atoms with Gasteiger partial charge in [-0.3, -0.25) is 18.9 Å². The third kappa shape index (κ3) is 3.93.